The van der Waals surface area contributed by atoms with E-state index < -0.39 is 0 Å². The molecule has 0 saturated carbocycles. The average Bonchev–Trinajstić information content (AvgIpc) is 3.17. The third-order valence-corrected chi connectivity index (χ3v) is 5.05. The lowest BCUT2D eigenvalue weighted by Crippen LogP contribution is -2.35. The minimum Gasteiger partial charge on any atom is -0.379 e. The Bertz CT molecular complexity index is 636. The molecular formula is C13H17N5O2S2. The van der Waals surface area contributed by atoms with Crippen LogP contribution in [0.1, 0.15) is 27.4 Å². The maximum absolute atomic E-state index is 12.2. The van der Waals surface area contributed by atoms with Crippen LogP contribution in [-0.2, 0) is 17.7 Å². The maximum atomic E-state index is 12.2. The molecule has 1 aliphatic rings. The summed E-state index contributed by atoms with van der Waals surface area (Å²) in [5.74, 6) is -0.233. The Balaban J connectivity index is 1.58. The highest BCUT2D eigenvalue weighted by atomic mass is 32.1. The number of hydrogen-bond donors (Lipinski definition) is 1. The molecule has 1 N–H and O–H groups in total. The molecule has 1 saturated heterocycles. The Morgan fingerprint density at radius 2 is 2.18 bits per heavy atom. The van der Waals surface area contributed by atoms with Crippen molar-refractivity contribution >= 4 is 33.7 Å². The van der Waals surface area contributed by atoms with Gasteiger partial charge in [-0.25, -0.2) is 4.98 Å². The van der Waals surface area contributed by atoms with E-state index in [2.05, 4.69) is 25.4 Å². The van der Waals surface area contributed by atoms with E-state index in [1.165, 1.54) is 22.7 Å². The molecule has 0 bridgehead atoms. The summed E-state index contributed by atoms with van der Waals surface area (Å²) in [7, 11) is 0. The van der Waals surface area contributed by atoms with E-state index in [-0.39, 0.29) is 5.91 Å². The molecule has 118 valence electrons. The zero-order valence-corrected chi connectivity index (χ0v) is 13.9. The third-order valence-electron chi connectivity index (χ3n) is 3.24. The van der Waals surface area contributed by atoms with Gasteiger partial charge in [0.2, 0.25) is 5.13 Å². The second-order valence-electron chi connectivity index (χ2n) is 4.82. The number of aromatic nitrogens is 3. The first-order chi connectivity index (χ1) is 10.7. The number of morpholine rings is 1. The van der Waals surface area contributed by atoms with Gasteiger partial charge in [0.1, 0.15) is 15.7 Å². The summed E-state index contributed by atoms with van der Waals surface area (Å²) in [6, 6.07) is 0. The van der Waals surface area contributed by atoms with E-state index in [0.717, 1.165) is 49.3 Å². The molecule has 2 aromatic rings. The summed E-state index contributed by atoms with van der Waals surface area (Å²) in [5, 5.41) is 14.8. The Labute approximate surface area is 136 Å². The van der Waals surface area contributed by atoms with Crippen LogP contribution in [-0.4, -0.2) is 52.3 Å². The molecule has 2 aromatic heterocycles. The molecule has 22 heavy (non-hydrogen) atoms. The standard InChI is InChI=1S/C13H17N5O2S2/c1-2-10-16-17-13(22-10)15-12(19)9-8-21-11(14-9)7-18-3-5-20-6-4-18/h8H,2-7H2,1H3,(H,15,17,19). The van der Waals surface area contributed by atoms with Crippen LogP contribution >= 0.6 is 22.7 Å². The molecular weight excluding hydrogens is 322 g/mol. The molecule has 9 heteroatoms. The number of aryl methyl sites for hydroxylation is 1. The van der Waals surface area contributed by atoms with E-state index in [4.69, 9.17) is 4.74 Å². The van der Waals surface area contributed by atoms with Crippen LogP contribution in [0.5, 0.6) is 0 Å². The first kappa shape index (κ1) is 15.5. The summed E-state index contributed by atoms with van der Waals surface area (Å²) in [4.78, 5) is 18.8. The second-order valence-corrected chi connectivity index (χ2v) is 6.83. The van der Waals surface area contributed by atoms with Gasteiger partial charge in [0.15, 0.2) is 0 Å². The molecule has 0 radical (unpaired) electrons. The lowest BCUT2D eigenvalue weighted by molar-refractivity contribution is 0.0341. The molecule has 1 fully saturated rings. The van der Waals surface area contributed by atoms with Gasteiger partial charge in [-0.05, 0) is 6.42 Å². The lowest BCUT2D eigenvalue weighted by Gasteiger charge is -2.25. The Kier molecular flexibility index (Phi) is 5.08. The number of nitrogens with zero attached hydrogens (tertiary/aromatic N) is 4. The molecule has 3 heterocycles. The summed E-state index contributed by atoms with van der Waals surface area (Å²) >= 11 is 2.90. The number of carbonyl (C=O) groups is 1. The summed E-state index contributed by atoms with van der Waals surface area (Å²) in [6.07, 6.45) is 0.813. The van der Waals surface area contributed by atoms with Crippen molar-refractivity contribution in [3.05, 3.63) is 21.1 Å². The highest BCUT2D eigenvalue weighted by molar-refractivity contribution is 7.15. The summed E-state index contributed by atoms with van der Waals surface area (Å²) < 4.78 is 5.32. The molecule has 1 amide bonds. The van der Waals surface area contributed by atoms with Gasteiger partial charge in [0, 0.05) is 18.5 Å². The molecule has 1 aliphatic heterocycles. The van der Waals surface area contributed by atoms with E-state index in [1.807, 2.05) is 6.92 Å². The van der Waals surface area contributed by atoms with Crippen molar-refractivity contribution in [1.29, 1.82) is 0 Å². The first-order valence-electron chi connectivity index (χ1n) is 7.13. The van der Waals surface area contributed by atoms with Crippen LogP contribution in [0.2, 0.25) is 0 Å². The fraction of sp³-hybridized carbons (Fsp3) is 0.538. The lowest BCUT2D eigenvalue weighted by atomic mass is 10.4. The monoisotopic (exact) mass is 339 g/mol. The van der Waals surface area contributed by atoms with Crippen molar-refractivity contribution in [3.63, 3.8) is 0 Å². The van der Waals surface area contributed by atoms with Gasteiger partial charge in [0.25, 0.3) is 5.91 Å². The van der Waals surface area contributed by atoms with Gasteiger partial charge in [-0.15, -0.1) is 21.5 Å². The number of hydrogen-bond acceptors (Lipinski definition) is 8. The molecule has 0 atom stereocenters. The zero-order valence-electron chi connectivity index (χ0n) is 12.2. The maximum Gasteiger partial charge on any atom is 0.276 e. The topological polar surface area (TPSA) is 80.2 Å². The first-order valence-corrected chi connectivity index (χ1v) is 8.82. The van der Waals surface area contributed by atoms with E-state index in [0.29, 0.717) is 10.8 Å². The van der Waals surface area contributed by atoms with Crippen molar-refractivity contribution in [3.8, 4) is 0 Å². The molecule has 0 aromatic carbocycles. The van der Waals surface area contributed by atoms with Gasteiger partial charge in [-0.3, -0.25) is 15.0 Å². The van der Waals surface area contributed by atoms with Gasteiger partial charge >= 0.3 is 0 Å². The van der Waals surface area contributed by atoms with Crippen LogP contribution < -0.4 is 5.32 Å². The predicted octanol–water partition coefficient (Wildman–Crippen LogP) is 1.64. The summed E-state index contributed by atoms with van der Waals surface area (Å²) in [5.41, 5.74) is 0.432. The Hall–Kier alpha value is -1.42. The van der Waals surface area contributed by atoms with E-state index in [1.54, 1.807) is 5.38 Å². The van der Waals surface area contributed by atoms with Gasteiger partial charge in [-0.2, -0.15) is 0 Å². The fourth-order valence-corrected chi connectivity index (χ4v) is 3.54. The highest BCUT2D eigenvalue weighted by Crippen LogP contribution is 2.18. The minimum absolute atomic E-state index is 0.233. The highest BCUT2D eigenvalue weighted by Gasteiger charge is 2.16. The van der Waals surface area contributed by atoms with Crippen LogP contribution in [0.3, 0.4) is 0 Å². The van der Waals surface area contributed by atoms with Crippen LogP contribution in [0.4, 0.5) is 5.13 Å². The Morgan fingerprint density at radius 3 is 2.91 bits per heavy atom. The number of nitrogens with one attached hydrogen (secondary N) is 1. The Morgan fingerprint density at radius 1 is 1.36 bits per heavy atom. The van der Waals surface area contributed by atoms with Crippen molar-refractivity contribution in [2.75, 3.05) is 31.6 Å². The van der Waals surface area contributed by atoms with Crippen molar-refractivity contribution in [1.82, 2.24) is 20.1 Å². The van der Waals surface area contributed by atoms with Crippen LogP contribution in [0, 0.1) is 0 Å². The number of rotatable bonds is 5. The predicted molar refractivity (Wildman–Crippen MR) is 85.5 cm³/mol. The smallest absolute Gasteiger partial charge is 0.276 e. The average molecular weight is 339 g/mol. The van der Waals surface area contributed by atoms with Gasteiger partial charge in [0.05, 0.1) is 19.8 Å². The van der Waals surface area contributed by atoms with E-state index >= 15 is 0 Å². The van der Waals surface area contributed by atoms with Crippen molar-refractivity contribution in [2.24, 2.45) is 0 Å². The van der Waals surface area contributed by atoms with Crippen LogP contribution in [0.15, 0.2) is 5.38 Å². The van der Waals surface area contributed by atoms with Gasteiger partial charge in [-0.1, -0.05) is 18.3 Å². The second kappa shape index (κ2) is 7.23. The molecule has 0 unspecified atom stereocenters. The van der Waals surface area contributed by atoms with E-state index in [9.17, 15) is 4.79 Å². The molecule has 3 rings (SSSR count). The van der Waals surface area contributed by atoms with Crippen molar-refractivity contribution in [2.45, 2.75) is 19.9 Å². The molecule has 0 aliphatic carbocycles. The zero-order chi connectivity index (χ0) is 15.4. The summed E-state index contributed by atoms with van der Waals surface area (Å²) in [6.45, 7) is 6.10. The van der Waals surface area contributed by atoms with Gasteiger partial charge < -0.3 is 4.74 Å². The minimum atomic E-state index is -0.233. The molecule has 0 spiro atoms. The third kappa shape index (κ3) is 3.86. The fourth-order valence-electron chi connectivity index (χ4n) is 2.05. The number of amides is 1. The van der Waals surface area contributed by atoms with Crippen molar-refractivity contribution < 1.29 is 9.53 Å². The molecule has 7 nitrogen and oxygen atoms in total. The number of carbonyl (C=O) groups excluding carboxylic acids is 1. The SMILES string of the molecule is CCc1nnc(NC(=O)c2csc(CN3CCOCC3)n2)s1. The largest absolute Gasteiger partial charge is 0.379 e. The normalized spacial score (nSPS) is 15.9. The quantitative estimate of drug-likeness (QED) is 0.892. The number of thiazole rings is 1. The number of anilines is 1. The van der Waals surface area contributed by atoms with Crippen LogP contribution in [0.25, 0.3) is 0 Å². The number of ether oxygens (including phenoxy) is 1.